The van der Waals surface area contributed by atoms with Crippen LogP contribution in [-0.4, -0.2) is 39.7 Å². The number of likely N-dealkylation sites (tertiary alicyclic amines) is 1. The van der Waals surface area contributed by atoms with E-state index in [1.165, 1.54) is 11.1 Å². The molecule has 150 valence electrons. The number of rotatable bonds is 5. The van der Waals surface area contributed by atoms with Crippen molar-refractivity contribution in [2.45, 2.75) is 39.3 Å². The van der Waals surface area contributed by atoms with Crippen LogP contribution in [0.2, 0.25) is 0 Å². The second-order valence-corrected chi connectivity index (χ2v) is 7.94. The zero-order chi connectivity index (χ0) is 20.2. The van der Waals surface area contributed by atoms with E-state index in [1.54, 1.807) is 6.20 Å². The fraction of sp³-hybridized carbons (Fsp3) is 0.333. The third-order valence-electron chi connectivity index (χ3n) is 5.66. The van der Waals surface area contributed by atoms with E-state index in [0.29, 0.717) is 6.54 Å². The number of hydrogen-bond acceptors (Lipinski definition) is 3. The quantitative estimate of drug-likeness (QED) is 0.710. The van der Waals surface area contributed by atoms with Crippen LogP contribution in [0.15, 0.2) is 60.9 Å². The van der Waals surface area contributed by atoms with Crippen LogP contribution in [-0.2, 0) is 6.54 Å². The monoisotopic (exact) mass is 388 g/mol. The molecule has 0 bridgehead atoms. The zero-order valence-corrected chi connectivity index (χ0v) is 17.1. The number of nitrogens with one attached hydrogen (secondary N) is 1. The lowest BCUT2D eigenvalue weighted by atomic mass is 10.0. The van der Waals surface area contributed by atoms with E-state index in [-0.39, 0.29) is 11.9 Å². The normalized spacial score (nSPS) is 16.6. The van der Waals surface area contributed by atoms with Crippen LogP contribution < -0.4 is 5.32 Å². The molecule has 4 rings (SSSR count). The maximum absolute atomic E-state index is 13.1. The fourth-order valence-corrected chi connectivity index (χ4v) is 3.91. The lowest BCUT2D eigenvalue weighted by Crippen LogP contribution is -2.45. The highest BCUT2D eigenvalue weighted by Crippen LogP contribution is 2.20. The van der Waals surface area contributed by atoms with Gasteiger partial charge in [-0.25, -0.2) is 0 Å². The molecule has 0 saturated carbocycles. The maximum atomic E-state index is 13.1. The minimum absolute atomic E-state index is 0.110. The summed E-state index contributed by atoms with van der Waals surface area (Å²) in [6.45, 7) is 6.47. The van der Waals surface area contributed by atoms with Gasteiger partial charge in [-0.05, 0) is 73.7 Å². The van der Waals surface area contributed by atoms with E-state index < -0.39 is 0 Å². The van der Waals surface area contributed by atoms with Gasteiger partial charge in [0, 0.05) is 42.8 Å². The highest BCUT2D eigenvalue weighted by molar-refractivity contribution is 5.94. The number of carbonyl (C=O) groups excluding carboxylic acids is 1. The largest absolute Gasteiger partial charge is 0.381 e. The van der Waals surface area contributed by atoms with Gasteiger partial charge in [0.25, 0.3) is 5.91 Å². The van der Waals surface area contributed by atoms with E-state index >= 15 is 0 Å². The number of amides is 1. The van der Waals surface area contributed by atoms with Gasteiger partial charge in [-0.3, -0.25) is 9.48 Å². The molecule has 0 aliphatic carbocycles. The third-order valence-corrected chi connectivity index (χ3v) is 5.66. The Bertz CT molecular complexity index is 980. The lowest BCUT2D eigenvalue weighted by Gasteiger charge is -2.34. The number of hydrogen-bond donors (Lipinski definition) is 1. The van der Waals surface area contributed by atoms with E-state index in [2.05, 4.69) is 42.5 Å². The van der Waals surface area contributed by atoms with Gasteiger partial charge in [-0.1, -0.05) is 18.2 Å². The second-order valence-electron chi connectivity index (χ2n) is 7.94. The van der Waals surface area contributed by atoms with E-state index in [1.807, 2.05) is 46.1 Å². The molecule has 2 aromatic carbocycles. The molecule has 0 radical (unpaired) electrons. The van der Waals surface area contributed by atoms with Crippen molar-refractivity contribution in [2.75, 3.05) is 18.4 Å². The van der Waals surface area contributed by atoms with Crippen LogP contribution in [0.1, 0.15) is 39.9 Å². The number of aromatic nitrogens is 2. The lowest BCUT2D eigenvalue weighted by molar-refractivity contribution is 0.0714. The van der Waals surface area contributed by atoms with Crippen molar-refractivity contribution in [3.8, 4) is 0 Å². The van der Waals surface area contributed by atoms with Crippen LogP contribution >= 0.6 is 0 Å². The molecule has 1 atom stereocenters. The molecule has 1 amide bonds. The molecule has 1 aliphatic heterocycles. The number of aryl methyl sites for hydroxylation is 2. The van der Waals surface area contributed by atoms with Gasteiger partial charge < -0.3 is 10.2 Å². The van der Waals surface area contributed by atoms with E-state index in [0.717, 1.165) is 42.7 Å². The average molecular weight is 389 g/mol. The first-order valence-electron chi connectivity index (χ1n) is 10.3. The minimum atomic E-state index is 0.110. The van der Waals surface area contributed by atoms with Gasteiger partial charge in [-0.2, -0.15) is 5.10 Å². The van der Waals surface area contributed by atoms with Crippen LogP contribution in [0.5, 0.6) is 0 Å². The van der Waals surface area contributed by atoms with Crippen molar-refractivity contribution >= 4 is 11.6 Å². The number of nitrogens with zero attached hydrogens (tertiary/aromatic N) is 3. The van der Waals surface area contributed by atoms with Crippen molar-refractivity contribution in [2.24, 2.45) is 0 Å². The summed E-state index contributed by atoms with van der Waals surface area (Å²) >= 11 is 0. The molecule has 2 heterocycles. The first-order valence-corrected chi connectivity index (χ1v) is 10.3. The molecule has 5 heteroatoms. The van der Waals surface area contributed by atoms with Crippen LogP contribution in [0.3, 0.4) is 0 Å². The van der Waals surface area contributed by atoms with Gasteiger partial charge in [0.05, 0.1) is 6.54 Å². The molecule has 1 saturated heterocycles. The average Bonchev–Trinajstić information content (AvgIpc) is 3.24. The molecule has 0 spiro atoms. The van der Waals surface area contributed by atoms with Crippen LogP contribution in [0.4, 0.5) is 5.69 Å². The summed E-state index contributed by atoms with van der Waals surface area (Å²) in [6, 6.07) is 16.6. The molecule has 5 nitrogen and oxygen atoms in total. The Morgan fingerprint density at radius 2 is 2.03 bits per heavy atom. The smallest absolute Gasteiger partial charge is 0.253 e. The highest BCUT2D eigenvalue weighted by Gasteiger charge is 2.24. The summed E-state index contributed by atoms with van der Waals surface area (Å²) in [4.78, 5) is 15.1. The zero-order valence-electron chi connectivity index (χ0n) is 17.1. The summed E-state index contributed by atoms with van der Waals surface area (Å²) in [6.07, 6.45) is 5.80. The van der Waals surface area contributed by atoms with Gasteiger partial charge in [0.15, 0.2) is 0 Å². The number of benzene rings is 2. The fourth-order valence-electron chi connectivity index (χ4n) is 3.91. The molecule has 1 fully saturated rings. The van der Waals surface area contributed by atoms with E-state index in [4.69, 9.17) is 0 Å². The molecular weight excluding hydrogens is 360 g/mol. The summed E-state index contributed by atoms with van der Waals surface area (Å²) < 4.78 is 1.87. The number of carbonyl (C=O) groups is 1. The molecule has 3 aromatic rings. The standard InChI is InChI=1S/C24H28N4O/c1-18-9-10-22(14-19(18)2)26-23-8-4-12-27(17-23)24(29)21-7-3-6-20(15-21)16-28-13-5-11-25-28/h3,5-7,9-11,13-15,23,26H,4,8,12,16-17H2,1-2H3. The first-order chi connectivity index (χ1) is 14.1. The molecular formula is C24H28N4O. The van der Waals surface area contributed by atoms with Crippen LogP contribution in [0.25, 0.3) is 0 Å². The molecule has 1 unspecified atom stereocenters. The predicted octanol–water partition coefficient (Wildman–Crippen LogP) is 4.26. The Balaban J connectivity index is 1.42. The van der Waals surface area contributed by atoms with Crippen molar-refractivity contribution in [3.05, 3.63) is 83.2 Å². The molecule has 1 aliphatic rings. The number of anilines is 1. The Morgan fingerprint density at radius 3 is 2.83 bits per heavy atom. The Labute approximate surface area is 172 Å². The van der Waals surface area contributed by atoms with Crippen molar-refractivity contribution < 1.29 is 4.79 Å². The van der Waals surface area contributed by atoms with E-state index in [9.17, 15) is 4.79 Å². The van der Waals surface area contributed by atoms with Gasteiger partial charge in [0.2, 0.25) is 0 Å². The SMILES string of the molecule is Cc1ccc(NC2CCCN(C(=O)c3cccc(Cn4cccn4)c3)C2)cc1C. The topological polar surface area (TPSA) is 50.2 Å². The Hall–Kier alpha value is -3.08. The predicted molar refractivity (Wildman–Crippen MR) is 116 cm³/mol. The Morgan fingerprint density at radius 1 is 1.14 bits per heavy atom. The van der Waals surface area contributed by atoms with Crippen molar-refractivity contribution in [1.82, 2.24) is 14.7 Å². The number of piperidine rings is 1. The first kappa shape index (κ1) is 19.2. The van der Waals surface area contributed by atoms with Crippen molar-refractivity contribution in [1.29, 1.82) is 0 Å². The summed E-state index contributed by atoms with van der Waals surface area (Å²) in [5.41, 5.74) is 5.55. The second kappa shape index (κ2) is 8.52. The summed E-state index contributed by atoms with van der Waals surface area (Å²) in [7, 11) is 0. The van der Waals surface area contributed by atoms with Gasteiger partial charge in [-0.15, -0.1) is 0 Å². The third kappa shape index (κ3) is 4.67. The van der Waals surface area contributed by atoms with Gasteiger partial charge in [0.1, 0.15) is 0 Å². The molecule has 1 N–H and O–H groups in total. The summed E-state index contributed by atoms with van der Waals surface area (Å²) in [5, 5.41) is 7.87. The molecule has 29 heavy (non-hydrogen) atoms. The highest BCUT2D eigenvalue weighted by atomic mass is 16.2. The van der Waals surface area contributed by atoms with Crippen LogP contribution in [0, 0.1) is 13.8 Å². The molecule has 1 aromatic heterocycles. The van der Waals surface area contributed by atoms with Crippen molar-refractivity contribution in [3.63, 3.8) is 0 Å². The Kier molecular flexibility index (Phi) is 5.65. The summed E-state index contributed by atoms with van der Waals surface area (Å²) in [5.74, 6) is 0.110. The maximum Gasteiger partial charge on any atom is 0.253 e. The van der Waals surface area contributed by atoms with Gasteiger partial charge >= 0.3 is 0 Å². The minimum Gasteiger partial charge on any atom is -0.381 e.